The number of hydrogen-bond donors (Lipinski definition) is 0. The SMILES string of the molecule is CCc1c(C)cc(N2CCN(C)C(C(F)(F)F)C2)cc1F. The maximum absolute atomic E-state index is 14.0. The lowest BCUT2D eigenvalue weighted by atomic mass is 10.0. The van der Waals surface area contributed by atoms with E-state index in [4.69, 9.17) is 0 Å². The fourth-order valence-corrected chi connectivity index (χ4v) is 2.85. The van der Waals surface area contributed by atoms with Crippen LogP contribution >= 0.6 is 0 Å². The number of anilines is 1. The van der Waals surface area contributed by atoms with Crippen LogP contribution in [0.3, 0.4) is 0 Å². The van der Waals surface area contributed by atoms with Crippen molar-refractivity contribution in [1.29, 1.82) is 0 Å². The molecule has 0 amide bonds. The summed E-state index contributed by atoms with van der Waals surface area (Å²) in [5.74, 6) is -0.338. The van der Waals surface area contributed by atoms with Crippen LogP contribution in [-0.4, -0.2) is 43.8 Å². The van der Waals surface area contributed by atoms with Crippen molar-refractivity contribution in [3.05, 3.63) is 29.1 Å². The van der Waals surface area contributed by atoms with Crippen molar-refractivity contribution in [2.45, 2.75) is 32.5 Å². The second-order valence-corrected chi connectivity index (χ2v) is 5.56. The molecule has 1 aliphatic heterocycles. The predicted octanol–water partition coefficient (Wildman–Crippen LogP) is 3.38. The molecule has 1 saturated heterocycles. The minimum atomic E-state index is -4.27. The highest BCUT2D eigenvalue weighted by Crippen LogP contribution is 2.30. The Morgan fingerprint density at radius 2 is 1.90 bits per heavy atom. The Kier molecular flexibility index (Phi) is 4.46. The minimum absolute atomic E-state index is 0.162. The molecule has 0 spiro atoms. The molecule has 1 aliphatic rings. The number of halogens is 4. The molecule has 0 bridgehead atoms. The normalized spacial score (nSPS) is 20.9. The Bertz CT molecular complexity index is 490. The van der Waals surface area contributed by atoms with Crippen molar-refractivity contribution in [2.75, 3.05) is 31.6 Å². The van der Waals surface area contributed by atoms with E-state index in [1.165, 1.54) is 18.0 Å². The van der Waals surface area contributed by atoms with E-state index in [-0.39, 0.29) is 12.4 Å². The van der Waals surface area contributed by atoms with Gasteiger partial charge in [-0.2, -0.15) is 13.2 Å². The largest absolute Gasteiger partial charge is 0.405 e. The summed E-state index contributed by atoms with van der Waals surface area (Å²) < 4.78 is 53.1. The summed E-state index contributed by atoms with van der Waals surface area (Å²) in [6, 6.07) is 1.62. The molecule has 2 nitrogen and oxygen atoms in total. The molecule has 1 unspecified atom stereocenters. The van der Waals surface area contributed by atoms with Gasteiger partial charge in [-0.15, -0.1) is 0 Å². The number of aryl methyl sites for hydroxylation is 1. The van der Waals surface area contributed by atoms with Crippen molar-refractivity contribution in [3.8, 4) is 0 Å². The first kappa shape index (κ1) is 16.1. The summed E-state index contributed by atoms with van der Waals surface area (Å²) >= 11 is 0. The molecular weight excluding hydrogens is 284 g/mol. The van der Waals surface area contributed by atoms with Crippen molar-refractivity contribution in [3.63, 3.8) is 0 Å². The number of rotatable bonds is 2. The van der Waals surface area contributed by atoms with Crippen molar-refractivity contribution in [1.82, 2.24) is 4.90 Å². The van der Waals surface area contributed by atoms with Gasteiger partial charge in [0.15, 0.2) is 0 Å². The van der Waals surface area contributed by atoms with Crippen LogP contribution in [-0.2, 0) is 6.42 Å². The summed E-state index contributed by atoms with van der Waals surface area (Å²) in [6.07, 6.45) is -3.70. The van der Waals surface area contributed by atoms with Gasteiger partial charge in [0.25, 0.3) is 0 Å². The number of benzene rings is 1. The third-order valence-electron chi connectivity index (χ3n) is 4.15. The molecule has 1 aromatic rings. The molecule has 21 heavy (non-hydrogen) atoms. The summed E-state index contributed by atoms with van der Waals surface area (Å²) in [5, 5.41) is 0. The van der Waals surface area contributed by atoms with Gasteiger partial charge in [-0.3, -0.25) is 4.90 Å². The lowest BCUT2D eigenvalue weighted by Crippen LogP contribution is -2.57. The summed E-state index contributed by atoms with van der Waals surface area (Å²) in [7, 11) is 1.47. The van der Waals surface area contributed by atoms with E-state index in [1.807, 2.05) is 6.92 Å². The quantitative estimate of drug-likeness (QED) is 0.773. The third-order valence-corrected chi connectivity index (χ3v) is 4.15. The Labute approximate surface area is 122 Å². The summed E-state index contributed by atoms with van der Waals surface area (Å²) in [6.45, 7) is 4.27. The Morgan fingerprint density at radius 1 is 1.24 bits per heavy atom. The molecule has 1 fully saturated rings. The molecule has 1 atom stereocenters. The first-order valence-electron chi connectivity index (χ1n) is 7.05. The number of likely N-dealkylation sites (N-methyl/N-ethyl adjacent to an activating group) is 1. The molecule has 1 aromatic carbocycles. The van der Waals surface area contributed by atoms with Crippen LogP contribution in [0, 0.1) is 12.7 Å². The molecule has 118 valence electrons. The zero-order valence-electron chi connectivity index (χ0n) is 12.5. The molecular formula is C15H20F4N2. The van der Waals surface area contributed by atoms with Crippen LogP contribution in [0.1, 0.15) is 18.1 Å². The Balaban J connectivity index is 2.27. The van der Waals surface area contributed by atoms with E-state index >= 15 is 0 Å². The Morgan fingerprint density at radius 3 is 2.43 bits per heavy atom. The monoisotopic (exact) mass is 304 g/mol. The highest BCUT2D eigenvalue weighted by atomic mass is 19.4. The van der Waals surface area contributed by atoms with Crippen LogP contribution in [0.15, 0.2) is 12.1 Å². The highest BCUT2D eigenvalue weighted by Gasteiger charge is 2.45. The van der Waals surface area contributed by atoms with Crippen molar-refractivity contribution < 1.29 is 17.6 Å². The minimum Gasteiger partial charge on any atom is -0.368 e. The van der Waals surface area contributed by atoms with Gasteiger partial charge >= 0.3 is 6.18 Å². The van der Waals surface area contributed by atoms with Gasteiger partial charge in [-0.25, -0.2) is 4.39 Å². The van der Waals surface area contributed by atoms with Gasteiger partial charge in [-0.05, 0) is 43.7 Å². The number of piperazine rings is 1. The van der Waals surface area contributed by atoms with E-state index < -0.39 is 12.2 Å². The van der Waals surface area contributed by atoms with Gasteiger partial charge in [0.2, 0.25) is 0 Å². The molecule has 0 saturated carbocycles. The zero-order valence-corrected chi connectivity index (χ0v) is 12.5. The molecule has 0 aromatic heterocycles. The van der Waals surface area contributed by atoms with Crippen LogP contribution in [0.2, 0.25) is 0 Å². The molecule has 2 rings (SSSR count). The fourth-order valence-electron chi connectivity index (χ4n) is 2.85. The standard InChI is InChI=1S/C15H20F4N2/c1-4-12-10(2)7-11(8-13(12)16)21-6-5-20(3)14(9-21)15(17,18)19/h7-8,14H,4-6,9H2,1-3H3. The van der Waals surface area contributed by atoms with Gasteiger partial charge in [-0.1, -0.05) is 6.92 Å². The van der Waals surface area contributed by atoms with Crippen molar-refractivity contribution in [2.24, 2.45) is 0 Å². The predicted molar refractivity (Wildman–Crippen MR) is 75.2 cm³/mol. The summed E-state index contributed by atoms with van der Waals surface area (Å²) in [5.41, 5.74) is 1.94. The topological polar surface area (TPSA) is 6.48 Å². The van der Waals surface area contributed by atoms with Crippen LogP contribution < -0.4 is 4.90 Å². The number of hydrogen-bond acceptors (Lipinski definition) is 2. The van der Waals surface area contributed by atoms with E-state index in [1.54, 1.807) is 17.9 Å². The smallest absolute Gasteiger partial charge is 0.368 e. The van der Waals surface area contributed by atoms with E-state index in [9.17, 15) is 17.6 Å². The first-order valence-corrected chi connectivity index (χ1v) is 7.05. The maximum Gasteiger partial charge on any atom is 0.405 e. The average Bonchev–Trinajstić information content (AvgIpc) is 2.37. The highest BCUT2D eigenvalue weighted by molar-refractivity contribution is 5.52. The molecule has 0 N–H and O–H groups in total. The second-order valence-electron chi connectivity index (χ2n) is 5.56. The second kappa shape index (κ2) is 5.83. The van der Waals surface area contributed by atoms with Gasteiger partial charge in [0.05, 0.1) is 0 Å². The Hall–Kier alpha value is -1.30. The lowest BCUT2D eigenvalue weighted by molar-refractivity contribution is -0.180. The molecule has 6 heteroatoms. The third kappa shape index (κ3) is 3.31. The number of alkyl halides is 3. The first-order chi connectivity index (χ1) is 9.74. The van der Waals surface area contributed by atoms with E-state index in [2.05, 4.69) is 0 Å². The maximum atomic E-state index is 14.0. The average molecular weight is 304 g/mol. The van der Waals surface area contributed by atoms with Crippen molar-refractivity contribution >= 4 is 5.69 Å². The molecule has 0 aliphatic carbocycles. The van der Waals surface area contributed by atoms with Crippen LogP contribution in [0.4, 0.5) is 23.2 Å². The van der Waals surface area contributed by atoms with E-state index in [0.717, 1.165) is 5.56 Å². The van der Waals surface area contributed by atoms with Gasteiger partial charge in [0.1, 0.15) is 11.9 Å². The van der Waals surface area contributed by atoms with Crippen LogP contribution in [0.25, 0.3) is 0 Å². The molecule has 1 heterocycles. The fraction of sp³-hybridized carbons (Fsp3) is 0.600. The van der Waals surface area contributed by atoms with E-state index in [0.29, 0.717) is 30.8 Å². The zero-order chi connectivity index (χ0) is 15.8. The number of nitrogens with zero attached hydrogens (tertiary/aromatic N) is 2. The summed E-state index contributed by atoms with van der Waals surface area (Å²) in [4.78, 5) is 2.92. The van der Waals surface area contributed by atoms with Gasteiger partial charge in [0, 0.05) is 25.3 Å². The van der Waals surface area contributed by atoms with Gasteiger partial charge < -0.3 is 4.90 Å². The van der Waals surface area contributed by atoms with Crippen LogP contribution in [0.5, 0.6) is 0 Å². The lowest BCUT2D eigenvalue weighted by Gasteiger charge is -2.41. The molecule has 0 radical (unpaired) electrons.